The number of hydrogen-bond acceptors (Lipinski definition) is 4. The van der Waals surface area contributed by atoms with E-state index in [0.717, 1.165) is 34.6 Å². The standard InChI is InChI=1S/C11H15BrN4S/c1-2-4-16-10(14-7-15-16)6-9(13)11-8(12)3-5-17-11/h3,5,7,9H,2,4,6,13H2,1H3. The average molecular weight is 315 g/mol. The summed E-state index contributed by atoms with van der Waals surface area (Å²) in [5.74, 6) is 0.958. The van der Waals surface area contributed by atoms with E-state index < -0.39 is 0 Å². The molecule has 6 heteroatoms. The molecule has 2 heterocycles. The predicted molar refractivity (Wildman–Crippen MR) is 73.0 cm³/mol. The molecule has 17 heavy (non-hydrogen) atoms. The van der Waals surface area contributed by atoms with Crippen LogP contribution in [0.1, 0.15) is 30.1 Å². The molecule has 0 aliphatic rings. The summed E-state index contributed by atoms with van der Waals surface area (Å²) >= 11 is 5.18. The second-order valence-electron chi connectivity index (χ2n) is 3.84. The minimum atomic E-state index is -0.0239. The minimum absolute atomic E-state index is 0.0239. The Balaban J connectivity index is 2.10. The monoisotopic (exact) mass is 314 g/mol. The summed E-state index contributed by atoms with van der Waals surface area (Å²) < 4.78 is 3.01. The number of hydrogen-bond donors (Lipinski definition) is 1. The van der Waals surface area contributed by atoms with Crippen LogP contribution in [0.5, 0.6) is 0 Å². The zero-order valence-electron chi connectivity index (χ0n) is 9.64. The van der Waals surface area contributed by atoms with Gasteiger partial charge in [0.05, 0.1) is 0 Å². The van der Waals surface area contributed by atoms with Crippen LogP contribution in [0.3, 0.4) is 0 Å². The summed E-state index contributed by atoms with van der Waals surface area (Å²) in [6.45, 7) is 3.02. The number of rotatable bonds is 5. The third-order valence-electron chi connectivity index (χ3n) is 2.52. The smallest absolute Gasteiger partial charge is 0.138 e. The van der Waals surface area contributed by atoms with E-state index in [2.05, 4.69) is 32.9 Å². The van der Waals surface area contributed by atoms with Gasteiger partial charge in [0, 0.05) is 28.4 Å². The topological polar surface area (TPSA) is 56.7 Å². The largest absolute Gasteiger partial charge is 0.323 e. The summed E-state index contributed by atoms with van der Waals surface area (Å²) in [6, 6.07) is 2.00. The molecule has 0 saturated carbocycles. The van der Waals surface area contributed by atoms with Crippen molar-refractivity contribution < 1.29 is 0 Å². The maximum atomic E-state index is 6.20. The van der Waals surface area contributed by atoms with Crippen molar-refractivity contribution in [3.8, 4) is 0 Å². The third-order valence-corrected chi connectivity index (χ3v) is 4.52. The molecule has 2 aromatic rings. The first-order valence-electron chi connectivity index (χ1n) is 5.57. The number of thiophene rings is 1. The molecular formula is C11H15BrN4S. The lowest BCUT2D eigenvalue weighted by molar-refractivity contribution is 0.549. The molecule has 0 radical (unpaired) electrons. The first-order chi connectivity index (χ1) is 8.22. The molecule has 0 amide bonds. The van der Waals surface area contributed by atoms with Crippen molar-refractivity contribution in [1.82, 2.24) is 14.8 Å². The van der Waals surface area contributed by atoms with Gasteiger partial charge in [-0.2, -0.15) is 5.10 Å². The van der Waals surface area contributed by atoms with Crippen molar-refractivity contribution in [3.05, 3.63) is 32.9 Å². The molecule has 0 aliphatic carbocycles. The molecule has 1 atom stereocenters. The Labute approximate surface area is 113 Å². The number of aryl methyl sites for hydroxylation is 1. The van der Waals surface area contributed by atoms with Gasteiger partial charge >= 0.3 is 0 Å². The van der Waals surface area contributed by atoms with Crippen molar-refractivity contribution in [2.24, 2.45) is 5.73 Å². The van der Waals surface area contributed by atoms with Crippen LogP contribution in [0.4, 0.5) is 0 Å². The van der Waals surface area contributed by atoms with Gasteiger partial charge in [0.1, 0.15) is 12.2 Å². The summed E-state index contributed by atoms with van der Waals surface area (Å²) in [7, 11) is 0. The van der Waals surface area contributed by atoms with Gasteiger partial charge < -0.3 is 5.73 Å². The Morgan fingerprint density at radius 2 is 2.41 bits per heavy atom. The lowest BCUT2D eigenvalue weighted by Crippen LogP contribution is -2.16. The molecule has 92 valence electrons. The molecule has 2 N–H and O–H groups in total. The number of nitrogens with two attached hydrogens (primary N) is 1. The van der Waals surface area contributed by atoms with E-state index >= 15 is 0 Å². The fourth-order valence-corrected chi connectivity index (χ4v) is 3.38. The van der Waals surface area contributed by atoms with Crippen molar-refractivity contribution >= 4 is 27.3 Å². The summed E-state index contributed by atoms with van der Waals surface area (Å²) in [5, 5.41) is 6.24. The van der Waals surface area contributed by atoms with Gasteiger partial charge in [-0.15, -0.1) is 11.3 Å². The molecule has 0 saturated heterocycles. The normalized spacial score (nSPS) is 12.9. The van der Waals surface area contributed by atoms with Gasteiger partial charge in [-0.25, -0.2) is 4.98 Å². The Kier molecular flexibility index (Phi) is 4.31. The number of aromatic nitrogens is 3. The molecule has 0 aliphatic heterocycles. The van der Waals surface area contributed by atoms with E-state index in [-0.39, 0.29) is 6.04 Å². The van der Waals surface area contributed by atoms with E-state index in [1.807, 2.05) is 16.1 Å². The first-order valence-corrected chi connectivity index (χ1v) is 7.24. The van der Waals surface area contributed by atoms with E-state index in [9.17, 15) is 0 Å². The molecule has 1 unspecified atom stereocenters. The van der Waals surface area contributed by atoms with Crippen LogP contribution in [-0.4, -0.2) is 14.8 Å². The highest BCUT2D eigenvalue weighted by Crippen LogP contribution is 2.29. The molecule has 0 fully saturated rings. The van der Waals surface area contributed by atoms with E-state index in [4.69, 9.17) is 5.73 Å². The second kappa shape index (κ2) is 5.75. The lowest BCUT2D eigenvalue weighted by atomic mass is 10.2. The molecule has 4 nitrogen and oxygen atoms in total. The highest BCUT2D eigenvalue weighted by molar-refractivity contribution is 9.10. The zero-order valence-corrected chi connectivity index (χ0v) is 12.0. The molecule has 2 rings (SSSR count). The highest BCUT2D eigenvalue weighted by atomic mass is 79.9. The molecule has 2 aromatic heterocycles. The average Bonchev–Trinajstić information content (AvgIpc) is 2.89. The molecule has 0 aromatic carbocycles. The Morgan fingerprint density at radius 1 is 1.59 bits per heavy atom. The quantitative estimate of drug-likeness (QED) is 0.923. The zero-order chi connectivity index (χ0) is 12.3. The fourth-order valence-electron chi connectivity index (χ4n) is 1.70. The van der Waals surface area contributed by atoms with Crippen LogP contribution in [0.2, 0.25) is 0 Å². The van der Waals surface area contributed by atoms with E-state index in [1.54, 1.807) is 17.7 Å². The Hall–Kier alpha value is -0.720. The van der Waals surface area contributed by atoms with Gasteiger partial charge in [-0.1, -0.05) is 6.92 Å². The van der Waals surface area contributed by atoms with Crippen molar-refractivity contribution in [1.29, 1.82) is 0 Å². The summed E-state index contributed by atoms with van der Waals surface area (Å²) in [5.41, 5.74) is 6.20. The van der Waals surface area contributed by atoms with Crippen molar-refractivity contribution in [3.63, 3.8) is 0 Å². The SMILES string of the molecule is CCCn1ncnc1CC(N)c1sccc1Br. The number of nitrogens with zero attached hydrogens (tertiary/aromatic N) is 3. The maximum Gasteiger partial charge on any atom is 0.138 e. The molecule has 0 bridgehead atoms. The maximum absolute atomic E-state index is 6.20. The van der Waals surface area contributed by atoms with E-state index in [1.165, 1.54) is 0 Å². The van der Waals surface area contributed by atoms with Gasteiger partial charge in [0.2, 0.25) is 0 Å². The lowest BCUT2D eigenvalue weighted by Gasteiger charge is -2.11. The minimum Gasteiger partial charge on any atom is -0.323 e. The fraction of sp³-hybridized carbons (Fsp3) is 0.455. The Bertz CT molecular complexity index is 479. The van der Waals surface area contributed by atoms with Crippen LogP contribution >= 0.6 is 27.3 Å². The summed E-state index contributed by atoms with van der Waals surface area (Å²) in [4.78, 5) is 5.44. The van der Waals surface area contributed by atoms with Crippen LogP contribution in [-0.2, 0) is 13.0 Å². The van der Waals surface area contributed by atoms with Gasteiger partial charge in [-0.3, -0.25) is 4.68 Å². The molecular weight excluding hydrogens is 300 g/mol. The number of halogens is 1. The van der Waals surface area contributed by atoms with E-state index in [0.29, 0.717) is 0 Å². The van der Waals surface area contributed by atoms with Crippen LogP contribution < -0.4 is 5.73 Å². The van der Waals surface area contributed by atoms with Crippen LogP contribution in [0, 0.1) is 0 Å². The summed E-state index contributed by atoms with van der Waals surface area (Å²) in [6.07, 6.45) is 3.37. The van der Waals surface area contributed by atoms with Crippen LogP contribution in [0.25, 0.3) is 0 Å². The highest BCUT2D eigenvalue weighted by Gasteiger charge is 2.15. The van der Waals surface area contributed by atoms with Crippen LogP contribution in [0.15, 0.2) is 22.2 Å². The predicted octanol–water partition coefficient (Wildman–Crippen LogP) is 2.75. The third kappa shape index (κ3) is 2.94. The first kappa shape index (κ1) is 12.7. The second-order valence-corrected chi connectivity index (χ2v) is 5.64. The Morgan fingerprint density at radius 3 is 3.06 bits per heavy atom. The molecule has 0 spiro atoms. The van der Waals surface area contributed by atoms with Gasteiger partial charge in [0.25, 0.3) is 0 Å². The van der Waals surface area contributed by atoms with Crippen molar-refractivity contribution in [2.75, 3.05) is 0 Å². The van der Waals surface area contributed by atoms with Gasteiger partial charge in [-0.05, 0) is 33.8 Å². The van der Waals surface area contributed by atoms with Crippen molar-refractivity contribution in [2.45, 2.75) is 32.4 Å². The van der Waals surface area contributed by atoms with Gasteiger partial charge in [0.15, 0.2) is 0 Å².